The van der Waals surface area contributed by atoms with Crippen LogP contribution in [0, 0.1) is 12.8 Å². The number of benzene rings is 1. The molecule has 0 aliphatic carbocycles. The summed E-state index contributed by atoms with van der Waals surface area (Å²) in [4.78, 5) is 40.7. The highest BCUT2D eigenvalue weighted by atomic mass is 35.5. The fourth-order valence-electron chi connectivity index (χ4n) is 4.24. The van der Waals surface area contributed by atoms with Crippen LogP contribution in [-0.4, -0.2) is 43.8 Å². The van der Waals surface area contributed by atoms with E-state index in [0.29, 0.717) is 28.1 Å². The molecule has 0 spiro atoms. The summed E-state index contributed by atoms with van der Waals surface area (Å²) in [6.07, 6.45) is 2.64. The minimum Gasteiger partial charge on any atom is -0.442 e. The van der Waals surface area contributed by atoms with Gasteiger partial charge in [0.05, 0.1) is 17.4 Å². The van der Waals surface area contributed by atoms with E-state index in [1.807, 2.05) is 30.0 Å². The van der Waals surface area contributed by atoms with Gasteiger partial charge in [-0.2, -0.15) is 0 Å². The number of halogens is 1. The molecule has 0 saturated carbocycles. The Balaban J connectivity index is 1.36. The lowest BCUT2D eigenvalue weighted by Crippen LogP contribution is -2.41. The van der Waals surface area contributed by atoms with Gasteiger partial charge >= 0.3 is 12.2 Å². The Morgan fingerprint density at radius 2 is 2.15 bits per heavy atom. The van der Waals surface area contributed by atoms with Crippen LogP contribution in [0.4, 0.5) is 21.0 Å². The van der Waals surface area contributed by atoms with Crippen molar-refractivity contribution in [2.75, 3.05) is 29.4 Å². The van der Waals surface area contributed by atoms with Crippen LogP contribution in [0.3, 0.4) is 0 Å². The van der Waals surface area contributed by atoms with E-state index in [2.05, 4.69) is 11.9 Å². The van der Waals surface area contributed by atoms with E-state index < -0.39 is 18.3 Å². The number of rotatable bonds is 7. The number of carbonyl (C=O) groups is 3. The number of thiophene rings is 1. The van der Waals surface area contributed by atoms with E-state index in [-0.39, 0.29) is 24.9 Å². The molecule has 2 saturated heterocycles. The second-order valence-corrected chi connectivity index (χ2v) is 9.95. The molecule has 1 aromatic heterocycles. The van der Waals surface area contributed by atoms with Crippen molar-refractivity contribution < 1.29 is 23.9 Å². The maximum Gasteiger partial charge on any atom is 0.414 e. The van der Waals surface area contributed by atoms with Gasteiger partial charge < -0.3 is 19.7 Å². The zero-order valence-electron chi connectivity index (χ0n) is 18.8. The average Bonchev–Trinajstić information content (AvgIpc) is 3.39. The van der Waals surface area contributed by atoms with Crippen molar-refractivity contribution in [3.63, 3.8) is 0 Å². The van der Waals surface area contributed by atoms with Gasteiger partial charge in [-0.1, -0.05) is 29.0 Å². The highest BCUT2D eigenvalue weighted by Crippen LogP contribution is 2.32. The normalized spacial score (nSPS) is 20.3. The zero-order valence-corrected chi connectivity index (χ0v) is 20.4. The molecule has 0 bridgehead atoms. The number of hydrogen-bond acceptors (Lipinski definition) is 6. The Morgan fingerprint density at radius 1 is 1.32 bits per heavy atom. The molecule has 2 atom stereocenters. The highest BCUT2D eigenvalue weighted by molar-refractivity contribution is 7.17. The lowest BCUT2D eigenvalue weighted by Gasteiger charge is -2.33. The third-order valence-corrected chi connectivity index (χ3v) is 6.98. The van der Waals surface area contributed by atoms with Gasteiger partial charge in [-0.15, -0.1) is 6.58 Å². The maximum absolute atomic E-state index is 12.9. The van der Waals surface area contributed by atoms with Crippen LogP contribution >= 0.6 is 22.9 Å². The molecule has 180 valence electrons. The number of ether oxygens (including phenoxy) is 2. The molecule has 2 fully saturated rings. The van der Waals surface area contributed by atoms with Gasteiger partial charge in [0.2, 0.25) is 5.91 Å². The highest BCUT2D eigenvalue weighted by Gasteiger charge is 2.34. The SMILES string of the molecule is C=CCC1CCCN(c2ccc(N3C[C@H](CNC(=O)Oc4ccc(Cl)s4)OC3=O)cc2C)C1=O. The predicted molar refractivity (Wildman–Crippen MR) is 132 cm³/mol. The molecule has 3 amide bonds. The second-order valence-electron chi connectivity index (χ2n) is 8.27. The number of piperidine rings is 1. The quantitative estimate of drug-likeness (QED) is 0.528. The molecule has 10 heteroatoms. The monoisotopic (exact) mass is 503 g/mol. The first kappa shape index (κ1) is 24.1. The van der Waals surface area contributed by atoms with E-state index in [1.54, 1.807) is 18.2 Å². The largest absolute Gasteiger partial charge is 0.442 e. The second kappa shape index (κ2) is 10.5. The van der Waals surface area contributed by atoms with E-state index in [0.717, 1.165) is 35.4 Å². The fourth-order valence-corrected chi connectivity index (χ4v) is 5.11. The van der Waals surface area contributed by atoms with Crippen LogP contribution in [0.1, 0.15) is 24.8 Å². The van der Waals surface area contributed by atoms with Crippen LogP contribution in [0.5, 0.6) is 5.06 Å². The minimum absolute atomic E-state index is 0.0318. The number of anilines is 2. The molecular weight excluding hydrogens is 478 g/mol. The average molecular weight is 504 g/mol. The number of nitrogens with zero attached hydrogens (tertiary/aromatic N) is 2. The van der Waals surface area contributed by atoms with Crippen LogP contribution in [0.2, 0.25) is 4.34 Å². The number of cyclic esters (lactones) is 1. The van der Waals surface area contributed by atoms with Crippen molar-refractivity contribution in [2.45, 2.75) is 32.3 Å². The molecule has 34 heavy (non-hydrogen) atoms. The summed E-state index contributed by atoms with van der Waals surface area (Å²) in [5, 5.41) is 2.99. The molecule has 2 aliphatic heterocycles. The number of hydrogen-bond donors (Lipinski definition) is 1. The summed E-state index contributed by atoms with van der Waals surface area (Å²) in [6.45, 7) is 6.77. The summed E-state index contributed by atoms with van der Waals surface area (Å²) in [5.74, 6) is 0.0843. The Labute approximate surface area is 207 Å². The van der Waals surface area contributed by atoms with Crippen molar-refractivity contribution in [3.05, 3.63) is 52.9 Å². The predicted octanol–water partition coefficient (Wildman–Crippen LogP) is 5.14. The topological polar surface area (TPSA) is 88.2 Å². The van der Waals surface area contributed by atoms with Gasteiger partial charge in [0, 0.05) is 23.8 Å². The Hall–Kier alpha value is -3.04. The summed E-state index contributed by atoms with van der Waals surface area (Å²) in [5.41, 5.74) is 2.43. The Morgan fingerprint density at radius 3 is 2.85 bits per heavy atom. The van der Waals surface area contributed by atoms with Gasteiger partial charge in [0.1, 0.15) is 6.10 Å². The third kappa shape index (κ3) is 5.37. The number of amides is 3. The Bertz CT molecular complexity index is 1100. The standard InChI is InChI=1S/C24H26ClN3O5S/c1-3-5-16-6-4-11-27(22(16)29)19-8-7-17(12-15(19)2)28-14-18(32-24(28)31)13-26-23(30)33-21-10-9-20(25)34-21/h3,7-10,12,16,18H,1,4-6,11,13-14H2,2H3,(H,26,30)/t16?,18-/m0/s1. The first-order chi connectivity index (χ1) is 16.4. The molecular formula is C24H26ClN3O5S. The van der Waals surface area contributed by atoms with Crippen LogP contribution in [0.15, 0.2) is 43.0 Å². The number of nitrogens with one attached hydrogen (secondary N) is 1. The molecule has 2 aliphatic rings. The van der Waals surface area contributed by atoms with Crippen molar-refractivity contribution >= 4 is 52.4 Å². The van der Waals surface area contributed by atoms with Gasteiger partial charge in [-0.05, 0) is 62.1 Å². The van der Waals surface area contributed by atoms with Gasteiger partial charge in [-0.3, -0.25) is 9.69 Å². The van der Waals surface area contributed by atoms with E-state index in [9.17, 15) is 14.4 Å². The zero-order chi connectivity index (χ0) is 24.2. The lowest BCUT2D eigenvalue weighted by atomic mass is 9.93. The third-order valence-electron chi connectivity index (χ3n) is 5.87. The number of carbonyl (C=O) groups excluding carboxylic acids is 3. The van der Waals surface area contributed by atoms with Crippen molar-refractivity contribution in [2.24, 2.45) is 5.92 Å². The smallest absolute Gasteiger partial charge is 0.414 e. The molecule has 3 heterocycles. The van der Waals surface area contributed by atoms with Crippen LogP contribution < -0.4 is 19.9 Å². The molecule has 1 aromatic carbocycles. The van der Waals surface area contributed by atoms with E-state index in [1.165, 1.54) is 4.90 Å². The molecule has 4 rings (SSSR count). The van der Waals surface area contributed by atoms with Gasteiger partial charge in [0.25, 0.3) is 0 Å². The maximum atomic E-state index is 12.9. The van der Waals surface area contributed by atoms with Crippen molar-refractivity contribution in [1.29, 1.82) is 0 Å². The molecule has 1 unspecified atom stereocenters. The fraction of sp³-hybridized carbons (Fsp3) is 0.375. The summed E-state index contributed by atoms with van der Waals surface area (Å²) in [6, 6.07) is 8.82. The van der Waals surface area contributed by atoms with Gasteiger partial charge in [-0.25, -0.2) is 9.59 Å². The molecule has 8 nitrogen and oxygen atoms in total. The van der Waals surface area contributed by atoms with Crippen LogP contribution in [-0.2, 0) is 9.53 Å². The van der Waals surface area contributed by atoms with E-state index in [4.69, 9.17) is 21.1 Å². The van der Waals surface area contributed by atoms with Gasteiger partial charge in [0.15, 0.2) is 5.06 Å². The summed E-state index contributed by atoms with van der Waals surface area (Å²) in [7, 11) is 0. The summed E-state index contributed by atoms with van der Waals surface area (Å²) >= 11 is 6.97. The number of aryl methyl sites for hydroxylation is 1. The first-order valence-corrected chi connectivity index (χ1v) is 12.3. The molecule has 1 N–H and O–H groups in total. The molecule has 0 radical (unpaired) electrons. The summed E-state index contributed by atoms with van der Waals surface area (Å²) < 4.78 is 11.1. The van der Waals surface area contributed by atoms with E-state index >= 15 is 0 Å². The van der Waals surface area contributed by atoms with Crippen LogP contribution in [0.25, 0.3) is 0 Å². The minimum atomic E-state index is -0.644. The molecule has 2 aromatic rings. The lowest BCUT2D eigenvalue weighted by molar-refractivity contribution is -0.123. The van der Waals surface area contributed by atoms with Crippen molar-refractivity contribution in [3.8, 4) is 5.06 Å². The number of allylic oxidation sites excluding steroid dienone is 1. The Kier molecular flexibility index (Phi) is 7.43. The van der Waals surface area contributed by atoms with Crippen molar-refractivity contribution in [1.82, 2.24) is 5.32 Å². The first-order valence-electron chi connectivity index (χ1n) is 11.1.